The van der Waals surface area contributed by atoms with Crippen molar-refractivity contribution < 1.29 is 23.4 Å². The van der Waals surface area contributed by atoms with Crippen LogP contribution < -0.4 is 19.6 Å². The number of benzene rings is 4. The fraction of sp³-hybridized carbons (Fsp3) is 0.133. The molecule has 0 aliphatic carbocycles. The van der Waals surface area contributed by atoms with Crippen LogP contribution in [0.15, 0.2) is 90.6 Å². The zero-order chi connectivity index (χ0) is 26.2. The van der Waals surface area contributed by atoms with Gasteiger partial charge in [0.1, 0.15) is 18.2 Å². The number of nitrogens with one attached hydrogen (secondary N) is 1. The van der Waals surface area contributed by atoms with Crippen LogP contribution in [-0.4, -0.2) is 26.3 Å². The summed E-state index contributed by atoms with van der Waals surface area (Å²) in [4.78, 5) is 12.9. The SMILES string of the molecule is C=CCc1cc(C=NNC(=O)c2cc3ccccc3cc2OC)cc(OC)c1OCc1ccc(F)cc1. The maximum Gasteiger partial charge on any atom is 0.275 e. The third kappa shape index (κ3) is 6.13. The molecule has 188 valence electrons. The first-order valence-corrected chi connectivity index (χ1v) is 11.6. The first-order valence-electron chi connectivity index (χ1n) is 11.6. The smallest absolute Gasteiger partial charge is 0.275 e. The number of halogens is 1. The van der Waals surface area contributed by atoms with Crippen molar-refractivity contribution in [3.8, 4) is 17.2 Å². The van der Waals surface area contributed by atoms with Gasteiger partial charge in [0.05, 0.1) is 26.0 Å². The van der Waals surface area contributed by atoms with Gasteiger partial charge in [-0.05, 0) is 64.7 Å². The summed E-state index contributed by atoms with van der Waals surface area (Å²) in [7, 11) is 3.07. The minimum atomic E-state index is -0.392. The number of hydrogen-bond acceptors (Lipinski definition) is 5. The van der Waals surface area contributed by atoms with Gasteiger partial charge in [-0.25, -0.2) is 9.82 Å². The zero-order valence-corrected chi connectivity index (χ0v) is 20.7. The van der Waals surface area contributed by atoms with Crippen molar-refractivity contribution in [2.75, 3.05) is 14.2 Å². The van der Waals surface area contributed by atoms with Crippen LogP contribution in [0.4, 0.5) is 4.39 Å². The summed E-state index contributed by atoms with van der Waals surface area (Å²) in [6.45, 7) is 4.07. The van der Waals surface area contributed by atoms with Gasteiger partial charge in [-0.15, -0.1) is 6.58 Å². The van der Waals surface area contributed by atoms with Crippen molar-refractivity contribution in [1.29, 1.82) is 0 Å². The van der Waals surface area contributed by atoms with Crippen molar-refractivity contribution in [2.24, 2.45) is 5.10 Å². The highest BCUT2D eigenvalue weighted by Crippen LogP contribution is 2.34. The molecule has 0 aromatic heterocycles. The molecule has 0 atom stereocenters. The van der Waals surface area contributed by atoms with E-state index in [9.17, 15) is 9.18 Å². The molecule has 0 aliphatic heterocycles. The van der Waals surface area contributed by atoms with Crippen molar-refractivity contribution >= 4 is 22.9 Å². The monoisotopic (exact) mass is 498 g/mol. The van der Waals surface area contributed by atoms with E-state index < -0.39 is 5.91 Å². The van der Waals surface area contributed by atoms with Gasteiger partial charge in [-0.3, -0.25) is 4.79 Å². The first kappa shape index (κ1) is 25.4. The summed E-state index contributed by atoms with van der Waals surface area (Å²) in [5.41, 5.74) is 5.31. The van der Waals surface area contributed by atoms with Gasteiger partial charge in [0.25, 0.3) is 5.91 Å². The third-order valence-electron chi connectivity index (χ3n) is 5.73. The lowest BCUT2D eigenvalue weighted by atomic mass is 10.1. The minimum absolute atomic E-state index is 0.248. The number of allylic oxidation sites excluding steroid dienone is 1. The minimum Gasteiger partial charge on any atom is -0.496 e. The second-order valence-corrected chi connectivity index (χ2v) is 8.22. The maximum atomic E-state index is 13.2. The molecule has 4 aromatic carbocycles. The van der Waals surface area contributed by atoms with E-state index in [0.29, 0.717) is 34.8 Å². The van der Waals surface area contributed by atoms with Crippen LogP contribution in [0.25, 0.3) is 10.8 Å². The van der Waals surface area contributed by atoms with Crippen molar-refractivity contribution in [3.63, 3.8) is 0 Å². The Morgan fingerprint density at radius 3 is 2.35 bits per heavy atom. The fourth-order valence-corrected chi connectivity index (χ4v) is 3.91. The number of fused-ring (bicyclic) bond motifs is 1. The average Bonchev–Trinajstić information content (AvgIpc) is 2.92. The number of rotatable bonds is 10. The Bertz CT molecular complexity index is 1450. The van der Waals surface area contributed by atoms with Gasteiger partial charge in [0.2, 0.25) is 0 Å². The Labute approximate surface area is 215 Å². The molecule has 1 N–H and O–H groups in total. The van der Waals surface area contributed by atoms with Crippen LogP contribution in [0.5, 0.6) is 17.2 Å². The van der Waals surface area contributed by atoms with Crippen molar-refractivity contribution in [3.05, 3.63) is 114 Å². The molecule has 0 fully saturated rings. The Morgan fingerprint density at radius 2 is 1.68 bits per heavy atom. The number of nitrogens with zero attached hydrogens (tertiary/aromatic N) is 1. The number of ether oxygens (including phenoxy) is 3. The molecule has 0 unspecified atom stereocenters. The molecular formula is C30H27FN2O4. The van der Waals surface area contributed by atoms with Gasteiger partial charge in [0.15, 0.2) is 11.5 Å². The summed E-state index contributed by atoms with van der Waals surface area (Å²) in [6.07, 6.45) is 3.82. The quantitative estimate of drug-likeness (QED) is 0.164. The molecule has 6 nitrogen and oxygen atoms in total. The topological polar surface area (TPSA) is 69.2 Å². The number of hydrazone groups is 1. The highest BCUT2D eigenvalue weighted by atomic mass is 19.1. The van der Waals surface area contributed by atoms with Crippen LogP contribution in [0.3, 0.4) is 0 Å². The lowest BCUT2D eigenvalue weighted by Gasteiger charge is -2.16. The summed E-state index contributed by atoms with van der Waals surface area (Å²) < 4.78 is 30.2. The predicted molar refractivity (Wildman–Crippen MR) is 143 cm³/mol. The Kier molecular flexibility index (Phi) is 8.15. The zero-order valence-electron chi connectivity index (χ0n) is 20.7. The number of hydrogen-bond donors (Lipinski definition) is 1. The molecule has 0 aliphatic rings. The average molecular weight is 499 g/mol. The lowest BCUT2D eigenvalue weighted by molar-refractivity contribution is 0.0952. The molecule has 0 heterocycles. The molecule has 0 saturated carbocycles. The maximum absolute atomic E-state index is 13.2. The van der Waals surface area contributed by atoms with Crippen LogP contribution in [-0.2, 0) is 13.0 Å². The van der Waals surface area contributed by atoms with E-state index >= 15 is 0 Å². The third-order valence-corrected chi connectivity index (χ3v) is 5.73. The van der Waals surface area contributed by atoms with Crippen LogP contribution in [0.1, 0.15) is 27.0 Å². The molecule has 7 heteroatoms. The molecule has 4 aromatic rings. The van der Waals surface area contributed by atoms with E-state index in [1.54, 1.807) is 37.5 Å². The second kappa shape index (κ2) is 11.9. The van der Waals surface area contributed by atoms with Crippen LogP contribution in [0.2, 0.25) is 0 Å². The van der Waals surface area contributed by atoms with Crippen LogP contribution >= 0.6 is 0 Å². The number of carbonyl (C=O) groups is 1. The van der Waals surface area contributed by atoms with Crippen molar-refractivity contribution in [2.45, 2.75) is 13.0 Å². The van der Waals surface area contributed by atoms with E-state index in [1.807, 2.05) is 36.4 Å². The highest BCUT2D eigenvalue weighted by molar-refractivity contribution is 6.02. The molecule has 4 rings (SSSR count). The van der Waals surface area contributed by atoms with Crippen molar-refractivity contribution in [1.82, 2.24) is 5.43 Å². The van der Waals surface area contributed by atoms with E-state index in [2.05, 4.69) is 17.1 Å². The van der Waals surface area contributed by atoms with E-state index in [0.717, 1.165) is 21.9 Å². The van der Waals surface area contributed by atoms with E-state index in [4.69, 9.17) is 14.2 Å². The first-order chi connectivity index (χ1) is 18.0. The predicted octanol–water partition coefficient (Wildman–Crippen LogP) is 6.07. The number of methoxy groups -OCH3 is 2. The number of carbonyl (C=O) groups excluding carboxylic acids is 1. The molecule has 0 bridgehead atoms. The highest BCUT2D eigenvalue weighted by Gasteiger charge is 2.15. The second-order valence-electron chi connectivity index (χ2n) is 8.22. The fourth-order valence-electron chi connectivity index (χ4n) is 3.91. The van der Waals surface area contributed by atoms with E-state index in [-0.39, 0.29) is 12.4 Å². The van der Waals surface area contributed by atoms with Gasteiger partial charge in [0, 0.05) is 5.56 Å². The molecule has 0 radical (unpaired) electrons. The summed E-state index contributed by atoms with van der Waals surface area (Å²) in [5.74, 6) is 0.836. The summed E-state index contributed by atoms with van der Waals surface area (Å²) in [6, 6.07) is 21.1. The van der Waals surface area contributed by atoms with Gasteiger partial charge in [-0.2, -0.15) is 5.10 Å². The van der Waals surface area contributed by atoms with Gasteiger partial charge >= 0.3 is 0 Å². The van der Waals surface area contributed by atoms with Crippen LogP contribution in [0, 0.1) is 5.82 Å². The molecule has 1 amide bonds. The van der Waals surface area contributed by atoms with Gasteiger partial charge < -0.3 is 14.2 Å². The number of amides is 1. The molecule has 0 spiro atoms. The summed E-state index contributed by atoms with van der Waals surface area (Å²) in [5, 5.41) is 6.04. The Hall–Kier alpha value is -4.65. The van der Waals surface area contributed by atoms with Gasteiger partial charge in [-0.1, -0.05) is 42.5 Å². The molecule has 0 saturated heterocycles. The normalized spacial score (nSPS) is 10.9. The largest absolute Gasteiger partial charge is 0.496 e. The lowest BCUT2D eigenvalue weighted by Crippen LogP contribution is -2.18. The summed E-state index contributed by atoms with van der Waals surface area (Å²) >= 11 is 0. The molecule has 37 heavy (non-hydrogen) atoms. The van der Waals surface area contributed by atoms with E-state index in [1.165, 1.54) is 25.5 Å². The molecular weight excluding hydrogens is 471 g/mol. The standard InChI is InChI=1S/C30H27FN2O4/c1-4-7-24-14-21(15-28(36-3)29(24)37-19-20-10-12-25(31)13-11-20)18-32-33-30(34)26-16-22-8-5-6-9-23(22)17-27(26)35-2/h4-6,8-18H,1,7,19H2,2-3H3,(H,33,34). The Morgan fingerprint density at radius 1 is 0.973 bits per heavy atom. The Balaban J connectivity index is 1.53.